The van der Waals surface area contributed by atoms with E-state index in [-0.39, 0.29) is 10.6 Å². The Morgan fingerprint density at radius 3 is 2.28 bits per heavy atom. The predicted octanol–water partition coefficient (Wildman–Crippen LogP) is 3.44. The van der Waals surface area contributed by atoms with Gasteiger partial charge in [0.15, 0.2) is 11.5 Å². The summed E-state index contributed by atoms with van der Waals surface area (Å²) in [5.41, 5.74) is -3.06. The van der Waals surface area contributed by atoms with E-state index in [1.54, 1.807) is 6.07 Å². The minimum atomic E-state index is -1.01. The van der Waals surface area contributed by atoms with Gasteiger partial charge in [-0.1, -0.05) is 32.4 Å². The van der Waals surface area contributed by atoms with E-state index in [1.165, 1.54) is 20.8 Å². The van der Waals surface area contributed by atoms with Crippen LogP contribution in [0.15, 0.2) is 17.7 Å². The van der Waals surface area contributed by atoms with E-state index in [0.717, 1.165) is 19.2 Å². The number of carbonyl (C=O) groups excluding carboxylic acids is 2. The number of benzene rings is 1. The highest BCUT2D eigenvalue weighted by atomic mass is 35.5. The molecule has 0 amide bonds. The van der Waals surface area contributed by atoms with Crippen molar-refractivity contribution >= 4 is 34.8 Å². The van der Waals surface area contributed by atoms with E-state index >= 15 is 0 Å². The van der Waals surface area contributed by atoms with Crippen molar-refractivity contribution in [2.75, 3.05) is 7.11 Å². The van der Waals surface area contributed by atoms with Crippen LogP contribution in [0.25, 0.3) is 5.76 Å². The lowest BCUT2D eigenvalue weighted by molar-refractivity contribution is -0.385. The summed E-state index contributed by atoms with van der Waals surface area (Å²) in [6, 6.07) is 3.31. The number of ketones is 1. The number of aliphatic hydroxyl groups is 1. The summed E-state index contributed by atoms with van der Waals surface area (Å²) < 4.78 is 4.52. The summed E-state index contributed by atoms with van der Waals surface area (Å²) in [6.45, 7) is 4.57. The van der Waals surface area contributed by atoms with Crippen molar-refractivity contribution in [2.45, 2.75) is 20.8 Å². The normalized spacial score (nSPS) is 12.0. The van der Waals surface area contributed by atoms with Gasteiger partial charge in [-0.25, -0.2) is 4.79 Å². The highest BCUT2D eigenvalue weighted by Crippen LogP contribution is 2.34. The number of methoxy groups -OCH3 is 1. The van der Waals surface area contributed by atoms with Crippen molar-refractivity contribution in [3.63, 3.8) is 0 Å². The minimum Gasteiger partial charge on any atom is -0.506 e. The zero-order valence-corrected chi connectivity index (χ0v) is 14.7. The molecule has 9 heteroatoms. The molecule has 0 unspecified atom stereocenters. The summed E-state index contributed by atoms with van der Waals surface area (Å²) >= 11 is 5.84. The van der Waals surface area contributed by atoms with Crippen LogP contribution >= 0.6 is 11.6 Å². The second-order valence-electron chi connectivity index (χ2n) is 6.01. The topological polar surface area (TPSA) is 131 Å². The Balaban J connectivity index is 3.81. The fourth-order valence-electron chi connectivity index (χ4n) is 1.89. The third-order valence-corrected chi connectivity index (χ3v) is 3.51. The molecule has 0 spiro atoms. The molecule has 1 aromatic rings. The Bertz CT molecular complexity index is 830. The van der Waals surface area contributed by atoms with E-state index in [2.05, 4.69) is 4.74 Å². The van der Waals surface area contributed by atoms with Crippen LogP contribution in [0.3, 0.4) is 0 Å². The van der Waals surface area contributed by atoms with Crippen molar-refractivity contribution in [1.82, 2.24) is 0 Å². The first-order chi connectivity index (χ1) is 11.4. The summed E-state index contributed by atoms with van der Waals surface area (Å²) in [7, 11) is 1.08. The number of nitro groups is 1. The maximum Gasteiger partial charge on any atom is 0.339 e. The number of halogens is 1. The number of hydrogen-bond acceptors (Lipinski definition) is 7. The molecule has 0 atom stereocenters. The van der Waals surface area contributed by atoms with E-state index in [9.17, 15) is 30.1 Å². The first-order valence-corrected chi connectivity index (χ1v) is 7.28. The third-order valence-electron chi connectivity index (χ3n) is 3.20. The van der Waals surface area contributed by atoms with Gasteiger partial charge in [0, 0.05) is 11.5 Å². The lowest BCUT2D eigenvalue weighted by Crippen LogP contribution is -2.22. The van der Waals surface area contributed by atoms with Gasteiger partial charge >= 0.3 is 5.97 Å². The van der Waals surface area contributed by atoms with Crippen molar-refractivity contribution in [3.8, 4) is 6.07 Å². The molecule has 132 valence electrons. The molecule has 0 radical (unpaired) electrons. The highest BCUT2D eigenvalue weighted by molar-refractivity contribution is 6.34. The fraction of sp³-hybridized carbons (Fsp3) is 0.312. The fourth-order valence-corrected chi connectivity index (χ4v) is 2.13. The summed E-state index contributed by atoms with van der Waals surface area (Å²) in [4.78, 5) is 34.4. The molecule has 0 saturated heterocycles. The number of nitrogens with zero attached hydrogens (tertiary/aromatic N) is 2. The molecule has 1 rings (SSSR count). The van der Waals surface area contributed by atoms with Crippen LogP contribution < -0.4 is 0 Å². The van der Waals surface area contributed by atoms with Crippen LogP contribution in [0, 0.1) is 26.9 Å². The molecule has 25 heavy (non-hydrogen) atoms. The molecular formula is C16H15ClN2O6. The molecule has 0 aliphatic rings. The van der Waals surface area contributed by atoms with E-state index in [1.807, 2.05) is 0 Å². The number of aliphatic hydroxyl groups excluding tert-OH is 1. The largest absolute Gasteiger partial charge is 0.506 e. The average Bonchev–Trinajstić information content (AvgIpc) is 2.53. The Morgan fingerprint density at radius 1 is 1.32 bits per heavy atom. The predicted molar refractivity (Wildman–Crippen MR) is 89.1 cm³/mol. The molecule has 0 aliphatic carbocycles. The van der Waals surface area contributed by atoms with Gasteiger partial charge in [0.05, 0.1) is 28.2 Å². The van der Waals surface area contributed by atoms with Gasteiger partial charge in [-0.3, -0.25) is 14.9 Å². The molecule has 1 aromatic carbocycles. The highest BCUT2D eigenvalue weighted by Gasteiger charge is 2.31. The molecule has 0 bridgehead atoms. The number of ether oxygens (including phenoxy) is 1. The molecule has 0 aromatic heterocycles. The molecule has 8 nitrogen and oxygen atoms in total. The van der Waals surface area contributed by atoms with Crippen molar-refractivity contribution < 1.29 is 24.4 Å². The van der Waals surface area contributed by atoms with Crippen molar-refractivity contribution in [3.05, 3.63) is 44.0 Å². The van der Waals surface area contributed by atoms with Gasteiger partial charge in [0.2, 0.25) is 0 Å². The number of nitriles is 1. The first-order valence-electron chi connectivity index (χ1n) is 6.90. The number of nitro benzene ring substituents is 1. The quantitative estimate of drug-likeness (QED) is 0.215. The van der Waals surface area contributed by atoms with Crippen LogP contribution in [0.4, 0.5) is 5.69 Å². The zero-order valence-electron chi connectivity index (χ0n) is 13.9. The molecular weight excluding hydrogens is 352 g/mol. The summed E-state index contributed by atoms with van der Waals surface area (Å²) in [5, 5.41) is 30.5. The zero-order chi connectivity index (χ0) is 19.5. The van der Waals surface area contributed by atoms with Crippen LogP contribution in [-0.2, 0) is 9.53 Å². The monoisotopic (exact) mass is 366 g/mol. The van der Waals surface area contributed by atoms with Crippen LogP contribution in [0.2, 0.25) is 5.02 Å². The Labute approximate surface area is 148 Å². The number of Topliss-reactive ketones (excluding diaryl/α,β-unsaturated/α-hetero) is 1. The second kappa shape index (κ2) is 7.32. The maximum atomic E-state index is 12.3. The van der Waals surface area contributed by atoms with E-state index in [4.69, 9.17) is 11.6 Å². The molecule has 1 N–H and O–H groups in total. The van der Waals surface area contributed by atoms with E-state index in [0.29, 0.717) is 0 Å². The molecule has 0 saturated carbocycles. The Hall–Kier alpha value is -2.92. The average molecular weight is 367 g/mol. The van der Waals surface area contributed by atoms with Crippen molar-refractivity contribution in [1.29, 1.82) is 5.26 Å². The van der Waals surface area contributed by atoms with Gasteiger partial charge in [0.25, 0.3) is 5.69 Å². The Kier molecular flexibility index (Phi) is 5.89. The summed E-state index contributed by atoms with van der Waals surface area (Å²) in [5.74, 6) is -2.51. The SMILES string of the molecule is COC(=O)c1cc(/C(O)=C(\C#N)C(=O)C(C)(C)C)c([N+](=O)[O-])cc1Cl. The molecule has 0 fully saturated rings. The van der Waals surface area contributed by atoms with Crippen LogP contribution in [0.5, 0.6) is 0 Å². The lowest BCUT2D eigenvalue weighted by Gasteiger charge is -2.16. The van der Waals surface area contributed by atoms with Gasteiger partial charge < -0.3 is 9.84 Å². The first kappa shape index (κ1) is 20.1. The van der Waals surface area contributed by atoms with Gasteiger partial charge in [-0.05, 0) is 6.07 Å². The van der Waals surface area contributed by atoms with Gasteiger partial charge in [-0.15, -0.1) is 0 Å². The molecule has 0 aliphatic heterocycles. The minimum absolute atomic E-state index is 0.253. The van der Waals surface area contributed by atoms with Gasteiger partial charge in [0.1, 0.15) is 11.6 Å². The second-order valence-corrected chi connectivity index (χ2v) is 6.42. The standard InChI is InChI=1S/C16H15ClN2O6/c1-16(2,3)14(21)10(7-18)13(20)9-5-8(15(22)25-4)11(17)6-12(9)19(23)24/h5-6,20H,1-4H3/b13-10-. The van der Waals surface area contributed by atoms with E-state index < -0.39 is 44.7 Å². The number of hydrogen-bond donors (Lipinski definition) is 1. The van der Waals surface area contributed by atoms with Crippen molar-refractivity contribution in [2.24, 2.45) is 5.41 Å². The number of allylic oxidation sites excluding steroid dienone is 1. The maximum absolute atomic E-state index is 12.3. The lowest BCUT2D eigenvalue weighted by atomic mass is 9.85. The smallest absolute Gasteiger partial charge is 0.339 e. The summed E-state index contributed by atoms with van der Waals surface area (Å²) in [6.07, 6.45) is 0. The number of rotatable bonds is 4. The van der Waals surface area contributed by atoms with Crippen LogP contribution in [0.1, 0.15) is 36.7 Å². The Morgan fingerprint density at radius 2 is 1.88 bits per heavy atom. The van der Waals surface area contributed by atoms with Gasteiger partial charge in [-0.2, -0.15) is 5.26 Å². The van der Waals surface area contributed by atoms with Crippen LogP contribution in [-0.4, -0.2) is 28.9 Å². The number of esters is 1. The molecule has 0 heterocycles. The third kappa shape index (κ3) is 4.14. The number of carbonyl (C=O) groups is 2.